The Bertz CT molecular complexity index is 3100. The van der Waals surface area contributed by atoms with E-state index in [2.05, 4.69) is 212 Å². The molecule has 0 saturated heterocycles. The van der Waals surface area contributed by atoms with E-state index >= 15 is 0 Å². The third-order valence-electron chi connectivity index (χ3n) is 12.7. The summed E-state index contributed by atoms with van der Waals surface area (Å²) in [5.41, 5.74) is 15.6. The van der Waals surface area contributed by atoms with Gasteiger partial charge in [0.2, 0.25) is 0 Å². The fraction of sp³-hybridized carbons (Fsp3) is 0.0566. The van der Waals surface area contributed by atoms with Crippen LogP contribution in [0.15, 0.2) is 188 Å². The van der Waals surface area contributed by atoms with Crippen LogP contribution in [0.3, 0.4) is 0 Å². The summed E-state index contributed by atoms with van der Waals surface area (Å²) in [6.07, 6.45) is 0. The molecule has 0 aromatic heterocycles. The van der Waals surface area contributed by atoms with Crippen molar-refractivity contribution >= 4 is 78.8 Å². The van der Waals surface area contributed by atoms with Crippen LogP contribution in [0.4, 0.5) is 34.1 Å². The van der Waals surface area contributed by atoms with Gasteiger partial charge in [-0.1, -0.05) is 135 Å². The number of ether oxygens (including phenoxy) is 1. The molecular weight excluding hydrogens is 691 g/mol. The van der Waals surface area contributed by atoms with E-state index in [0.717, 1.165) is 34.2 Å². The predicted molar refractivity (Wildman–Crippen MR) is 240 cm³/mol. The Morgan fingerprint density at radius 1 is 0.509 bits per heavy atom. The maximum Gasteiger partial charge on any atom is 0.256 e. The largest absolute Gasteiger partial charge is 0.458 e. The number of rotatable bonds is 4. The molecule has 268 valence electrons. The molecule has 0 spiro atoms. The average molecular weight is 729 g/mol. The number of hydrogen-bond acceptors (Lipinski definition) is 3. The van der Waals surface area contributed by atoms with Gasteiger partial charge in [0.05, 0.1) is 5.69 Å². The van der Waals surface area contributed by atoms with Gasteiger partial charge in [0, 0.05) is 39.2 Å². The molecule has 3 nitrogen and oxygen atoms in total. The first-order chi connectivity index (χ1) is 28.0. The minimum Gasteiger partial charge on any atom is -0.458 e. The zero-order chi connectivity index (χ0) is 37.8. The molecular formula is C53H37BN2O. The van der Waals surface area contributed by atoms with Crippen molar-refractivity contribution in [1.29, 1.82) is 0 Å². The minimum atomic E-state index is -0.278. The first-order valence-corrected chi connectivity index (χ1v) is 19.9. The van der Waals surface area contributed by atoms with E-state index in [1.165, 1.54) is 71.6 Å². The number of benzene rings is 9. The molecule has 12 rings (SSSR count). The Morgan fingerprint density at radius 3 is 2.11 bits per heavy atom. The highest BCUT2D eigenvalue weighted by molar-refractivity contribution is 6.99. The molecule has 1 aliphatic carbocycles. The quantitative estimate of drug-likeness (QED) is 0.168. The highest BCUT2D eigenvalue weighted by Gasteiger charge is 2.44. The van der Waals surface area contributed by atoms with Crippen molar-refractivity contribution in [2.24, 2.45) is 0 Å². The van der Waals surface area contributed by atoms with Crippen LogP contribution in [-0.4, -0.2) is 6.71 Å². The number of hydrogen-bond donors (Lipinski definition) is 0. The molecule has 3 aliphatic rings. The molecule has 2 heterocycles. The van der Waals surface area contributed by atoms with Gasteiger partial charge in [-0.2, -0.15) is 0 Å². The lowest BCUT2D eigenvalue weighted by atomic mass is 9.34. The highest BCUT2D eigenvalue weighted by Crippen LogP contribution is 2.53. The Labute approximate surface area is 333 Å². The molecule has 4 heteroatoms. The van der Waals surface area contributed by atoms with Crippen molar-refractivity contribution < 1.29 is 4.74 Å². The van der Waals surface area contributed by atoms with Gasteiger partial charge in [-0.15, -0.1) is 0 Å². The summed E-state index contributed by atoms with van der Waals surface area (Å²) in [7, 11) is 0. The van der Waals surface area contributed by atoms with Gasteiger partial charge in [0.1, 0.15) is 11.5 Å². The maximum absolute atomic E-state index is 7.02. The van der Waals surface area contributed by atoms with E-state index in [0.29, 0.717) is 0 Å². The molecule has 0 saturated carbocycles. The second kappa shape index (κ2) is 12.0. The fourth-order valence-corrected chi connectivity index (χ4v) is 10.1. The second-order valence-electron chi connectivity index (χ2n) is 16.1. The van der Waals surface area contributed by atoms with Gasteiger partial charge in [-0.3, -0.25) is 0 Å². The van der Waals surface area contributed by atoms with E-state index in [1.54, 1.807) is 0 Å². The van der Waals surface area contributed by atoms with E-state index in [1.807, 2.05) is 0 Å². The zero-order valence-corrected chi connectivity index (χ0v) is 31.8. The number of anilines is 6. The summed E-state index contributed by atoms with van der Waals surface area (Å²) in [6, 6.07) is 68.7. The summed E-state index contributed by atoms with van der Waals surface area (Å²) in [5, 5.41) is 4.99. The van der Waals surface area contributed by atoms with E-state index in [4.69, 9.17) is 4.74 Å². The first kappa shape index (κ1) is 32.2. The third kappa shape index (κ3) is 4.62. The van der Waals surface area contributed by atoms with Crippen LogP contribution >= 0.6 is 0 Å². The van der Waals surface area contributed by atoms with Crippen LogP contribution in [0.2, 0.25) is 0 Å². The van der Waals surface area contributed by atoms with Crippen molar-refractivity contribution in [2.75, 3.05) is 9.80 Å². The van der Waals surface area contributed by atoms with E-state index < -0.39 is 0 Å². The molecule has 9 aromatic rings. The molecule has 0 bridgehead atoms. The lowest BCUT2D eigenvalue weighted by molar-refractivity contribution is 0.487. The standard InChI is InChI=1S/C53H37BN2O/c1-53(2)42-22-13-21-40-46(55(36-17-5-3-6-18-36)38-28-27-34-15-9-10-16-35(34)31-38)30-29-39(51(40)42)41-32-50-45(33-43(41)53)54-44-23-11-12-24-47(44)56(37-19-7-4-8-20-37)48-25-14-26-49(57-50)52(48)54/h3-33H,1-2H3. The maximum atomic E-state index is 7.02. The van der Waals surface area contributed by atoms with Crippen molar-refractivity contribution in [3.05, 3.63) is 199 Å². The molecule has 0 atom stereocenters. The van der Waals surface area contributed by atoms with Crippen LogP contribution in [0.1, 0.15) is 25.0 Å². The molecule has 57 heavy (non-hydrogen) atoms. The number of fused-ring (bicyclic) bond motifs is 7. The smallest absolute Gasteiger partial charge is 0.256 e. The van der Waals surface area contributed by atoms with E-state index in [-0.39, 0.29) is 12.1 Å². The lowest BCUT2D eigenvalue weighted by Crippen LogP contribution is -2.59. The summed E-state index contributed by atoms with van der Waals surface area (Å²) in [6.45, 7) is 4.84. The summed E-state index contributed by atoms with van der Waals surface area (Å²) < 4.78 is 7.02. The van der Waals surface area contributed by atoms with E-state index in [9.17, 15) is 0 Å². The van der Waals surface area contributed by atoms with Gasteiger partial charge in [-0.25, -0.2) is 0 Å². The number of nitrogens with zero attached hydrogens (tertiary/aromatic N) is 2. The molecule has 0 unspecified atom stereocenters. The lowest BCUT2D eigenvalue weighted by Gasteiger charge is -2.41. The third-order valence-corrected chi connectivity index (χ3v) is 12.7. The summed E-state index contributed by atoms with van der Waals surface area (Å²) in [4.78, 5) is 4.81. The minimum absolute atomic E-state index is 0.0400. The summed E-state index contributed by atoms with van der Waals surface area (Å²) >= 11 is 0. The van der Waals surface area contributed by atoms with Crippen molar-refractivity contribution in [2.45, 2.75) is 19.3 Å². The molecule has 0 radical (unpaired) electrons. The first-order valence-electron chi connectivity index (χ1n) is 19.9. The topological polar surface area (TPSA) is 15.7 Å². The van der Waals surface area contributed by atoms with Crippen molar-refractivity contribution in [1.82, 2.24) is 0 Å². The van der Waals surface area contributed by atoms with Gasteiger partial charge in [-0.05, 0) is 122 Å². The SMILES string of the molecule is CC1(C)c2cc3c(cc2-c2ccc(N(c4ccccc4)c4ccc5ccccc5c4)c4cccc1c24)Oc1cccc2c1B3c1ccccc1N2c1ccccc1. The molecule has 9 aromatic carbocycles. The Balaban J connectivity index is 1.07. The van der Waals surface area contributed by atoms with Gasteiger partial charge in [0.15, 0.2) is 0 Å². The monoisotopic (exact) mass is 728 g/mol. The van der Waals surface area contributed by atoms with Crippen molar-refractivity contribution in [3.63, 3.8) is 0 Å². The predicted octanol–water partition coefficient (Wildman–Crippen LogP) is 12.2. The summed E-state index contributed by atoms with van der Waals surface area (Å²) in [5.74, 6) is 1.85. The molecule has 0 amide bonds. The van der Waals surface area contributed by atoms with Crippen LogP contribution < -0.4 is 30.9 Å². The van der Waals surface area contributed by atoms with Gasteiger partial charge >= 0.3 is 0 Å². The average Bonchev–Trinajstić information content (AvgIpc) is 3.26. The molecule has 0 N–H and O–H groups in total. The van der Waals surface area contributed by atoms with Crippen molar-refractivity contribution in [3.8, 4) is 22.6 Å². The Hall–Kier alpha value is -7.04. The fourth-order valence-electron chi connectivity index (χ4n) is 10.1. The van der Waals surface area contributed by atoms with Gasteiger partial charge < -0.3 is 14.5 Å². The molecule has 0 fully saturated rings. The van der Waals surface area contributed by atoms with Crippen LogP contribution in [0, 0.1) is 0 Å². The Morgan fingerprint density at radius 2 is 1.25 bits per heavy atom. The number of para-hydroxylation sites is 3. The van der Waals surface area contributed by atoms with Crippen LogP contribution in [0.5, 0.6) is 11.5 Å². The Kier molecular flexibility index (Phi) is 6.77. The normalized spacial score (nSPS) is 14.0. The molecule has 2 aliphatic heterocycles. The van der Waals surface area contributed by atoms with Crippen LogP contribution in [-0.2, 0) is 5.41 Å². The van der Waals surface area contributed by atoms with Gasteiger partial charge in [0.25, 0.3) is 6.71 Å². The highest BCUT2D eigenvalue weighted by atomic mass is 16.5. The van der Waals surface area contributed by atoms with Crippen LogP contribution in [0.25, 0.3) is 32.7 Å². The second-order valence-corrected chi connectivity index (χ2v) is 16.1. The zero-order valence-electron chi connectivity index (χ0n) is 31.8.